The van der Waals surface area contributed by atoms with Crippen LogP contribution in [0.4, 0.5) is 0 Å². The number of aliphatic hydroxyl groups excluding tert-OH is 1. The average molecular weight is 200 g/mol. The zero-order chi connectivity index (χ0) is 10.8. The van der Waals surface area contributed by atoms with Crippen molar-refractivity contribution in [1.29, 1.82) is 0 Å². The molecule has 0 saturated heterocycles. The van der Waals surface area contributed by atoms with Crippen molar-refractivity contribution in [3.05, 3.63) is 47.5 Å². The summed E-state index contributed by atoms with van der Waals surface area (Å²) in [5.41, 5.74) is 2.35. The van der Waals surface area contributed by atoms with E-state index in [0.717, 1.165) is 10.9 Å². The molecule has 0 atom stereocenters. The molecule has 0 radical (unpaired) electrons. The molecule has 0 saturated carbocycles. The first-order chi connectivity index (χ1) is 7.22. The van der Waals surface area contributed by atoms with Gasteiger partial charge in [-0.3, -0.25) is 0 Å². The lowest BCUT2D eigenvalue weighted by atomic mass is 9.97. The standard InChI is InChI=1S/C14H16O/c1-10(2)11-6-7-14-12(8-11)4-3-5-13(14)9-15/h3-8,10,15H,9H2,1-2H3. The van der Waals surface area contributed by atoms with Gasteiger partial charge in [-0.15, -0.1) is 0 Å². The lowest BCUT2D eigenvalue weighted by molar-refractivity contribution is 0.283. The Labute approximate surface area is 90.4 Å². The molecular formula is C14H16O. The first-order valence-electron chi connectivity index (χ1n) is 5.35. The Morgan fingerprint density at radius 1 is 1.13 bits per heavy atom. The highest BCUT2D eigenvalue weighted by atomic mass is 16.3. The summed E-state index contributed by atoms with van der Waals surface area (Å²) in [4.78, 5) is 0. The van der Waals surface area contributed by atoms with Gasteiger partial charge in [-0.05, 0) is 27.8 Å². The molecule has 0 unspecified atom stereocenters. The highest BCUT2D eigenvalue weighted by Gasteiger charge is 2.03. The van der Waals surface area contributed by atoms with Gasteiger partial charge >= 0.3 is 0 Å². The summed E-state index contributed by atoms with van der Waals surface area (Å²) < 4.78 is 0. The van der Waals surface area contributed by atoms with Crippen LogP contribution in [-0.4, -0.2) is 5.11 Å². The van der Waals surface area contributed by atoms with E-state index in [1.807, 2.05) is 12.1 Å². The molecule has 0 aromatic heterocycles. The lowest BCUT2D eigenvalue weighted by Gasteiger charge is -2.08. The molecule has 0 bridgehead atoms. The van der Waals surface area contributed by atoms with Gasteiger partial charge in [0.1, 0.15) is 0 Å². The fourth-order valence-electron chi connectivity index (χ4n) is 1.87. The molecule has 1 nitrogen and oxygen atoms in total. The summed E-state index contributed by atoms with van der Waals surface area (Å²) in [6.07, 6.45) is 0. The van der Waals surface area contributed by atoms with Crippen LogP contribution in [0.2, 0.25) is 0 Å². The van der Waals surface area contributed by atoms with Crippen LogP contribution in [0, 0.1) is 0 Å². The maximum absolute atomic E-state index is 9.21. The summed E-state index contributed by atoms with van der Waals surface area (Å²) in [5, 5.41) is 11.6. The third-order valence-corrected chi connectivity index (χ3v) is 2.83. The molecule has 2 rings (SSSR count). The Morgan fingerprint density at radius 3 is 2.60 bits per heavy atom. The minimum atomic E-state index is 0.109. The van der Waals surface area contributed by atoms with Crippen molar-refractivity contribution in [2.24, 2.45) is 0 Å². The molecule has 0 spiro atoms. The minimum Gasteiger partial charge on any atom is -0.392 e. The average Bonchev–Trinajstić information content (AvgIpc) is 2.27. The van der Waals surface area contributed by atoms with Crippen molar-refractivity contribution < 1.29 is 5.11 Å². The van der Waals surface area contributed by atoms with Crippen LogP contribution < -0.4 is 0 Å². The second-order valence-corrected chi connectivity index (χ2v) is 4.21. The molecule has 0 fully saturated rings. The van der Waals surface area contributed by atoms with Crippen molar-refractivity contribution in [2.75, 3.05) is 0 Å². The van der Waals surface area contributed by atoms with Crippen molar-refractivity contribution in [3.8, 4) is 0 Å². The highest BCUT2D eigenvalue weighted by molar-refractivity contribution is 5.86. The molecule has 78 valence electrons. The Morgan fingerprint density at radius 2 is 1.93 bits per heavy atom. The van der Waals surface area contributed by atoms with E-state index in [-0.39, 0.29) is 6.61 Å². The van der Waals surface area contributed by atoms with Crippen molar-refractivity contribution in [2.45, 2.75) is 26.4 Å². The largest absolute Gasteiger partial charge is 0.392 e. The van der Waals surface area contributed by atoms with Crippen LogP contribution in [0.25, 0.3) is 10.8 Å². The molecule has 0 heterocycles. The van der Waals surface area contributed by atoms with E-state index in [1.54, 1.807) is 0 Å². The molecule has 0 aliphatic carbocycles. The van der Waals surface area contributed by atoms with Crippen LogP contribution in [0.1, 0.15) is 30.9 Å². The molecule has 1 N–H and O–H groups in total. The van der Waals surface area contributed by atoms with Gasteiger partial charge < -0.3 is 5.11 Å². The van der Waals surface area contributed by atoms with Gasteiger partial charge in [0.2, 0.25) is 0 Å². The predicted octanol–water partition coefficient (Wildman–Crippen LogP) is 3.46. The normalized spacial score (nSPS) is 11.2. The molecule has 2 aromatic rings. The quantitative estimate of drug-likeness (QED) is 0.787. The van der Waals surface area contributed by atoms with E-state index in [0.29, 0.717) is 5.92 Å². The summed E-state index contributed by atoms with van der Waals surface area (Å²) in [7, 11) is 0. The molecule has 0 amide bonds. The van der Waals surface area contributed by atoms with Crippen molar-refractivity contribution >= 4 is 10.8 Å². The number of aliphatic hydroxyl groups is 1. The SMILES string of the molecule is CC(C)c1ccc2c(CO)cccc2c1. The Hall–Kier alpha value is -1.34. The van der Waals surface area contributed by atoms with E-state index in [1.165, 1.54) is 10.9 Å². The van der Waals surface area contributed by atoms with Gasteiger partial charge in [0.15, 0.2) is 0 Å². The second kappa shape index (κ2) is 4.03. The molecule has 15 heavy (non-hydrogen) atoms. The van der Waals surface area contributed by atoms with Gasteiger partial charge in [0.05, 0.1) is 6.61 Å². The topological polar surface area (TPSA) is 20.2 Å². The van der Waals surface area contributed by atoms with Crippen LogP contribution in [-0.2, 0) is 6.61 Å². The lowest BCUT2D eigenvalue weighted by Crippen LogP contribution is -1.89. The van der Waals surface area contributed by atoms with Crippen LogP contribution >= 0.6 is 0 Å². The zero-order valence-electron chi connectivity index (χ0n) is 9.20. The highest BCUT2D eigenvalue weighted by Crippen LogP contribution is 2.23. The molecule has 2 aromatic carbocycles. The minimum absolute atomic E-state index is 0.109. The summed E-state index contributed by atoms with van der Waals surface area (Å²) in [6.45, 7) is 4.49. The van der Waals surface area contributed by atoms with Gasteiger partial charge in [-0.1, -0.05) is 50.2 Å². The van der Waals surface area contributed by atoms with E-state index in [2.05, 4.69) is 38.1 Å². The molecular weight excluding hydrogens is 184 g/mol. The molecule has 1 heteroatoms. The number of hydrogen-bond acceptors (Lipinski definition) is 1. The number of rotatable bonds is 2. The smallest absolute Gasteiger partial charge is 0.0687 e. The number of fused-ring (bicyclic) bond motifs is 1. The van der Waals surface area contributed by atoms with Gasteiger partial charge in [-0.2, -0.15) is 0 Å². The monoisotopic (exact) mass is 200 g/mol. The summed E-state index contributed by atoms with van der Waals surface area (Å²) in [5.74, 6) is 0.548. The zero-order valence-corrected chi connectivity index (χ0v) is 9.20. The fourth-order valence-corrected chi connectivity index (χ4v) is 1.87. The Balaban J connectivity index is 2.63. The maximum atomic E-state index is 9.21. The van der Waals surface area contributed by atoms with Crippen LogP contribution in [0.3, 0.4) is 0 Å². The molecule has 0 aliphatic heterocycles. The summed E-state index contributed by atoms with van der Waals surface area (Å²) >= 11 is 0. The van der Waals surface area contributed by atoms with Gasteiger partial charge in [-0.25, -0.2) is 0 Å². The third-order valence-electron chi connectivity index (χ3n) is 2.83. The predicted molar refractivity (Wildman–Crippen MR) is 64.0 cm³/mol. The van der Waals surface area contributed by atoms with Crippen LogP contribution in [0.15, 0.2) is 36.4 Å². The van der Waals surface area contributed by atoms with E-state index in [4.69, 9.17) is 0 Å². The fraction of sp³-hybridized carbons (Fsp3) is 0.286. The van der Waals surface area contributed by atoms with Gasteiger partial charge in [0.25, 0.3) is 0 Å². The van der Waals surface area contributed by atoms with E-state index < -0.39 is 0 Å². The van der Waals surface area contributed by atoms with E-state index in [9.17, 15) is 5.11 Å². The van der Waals surface area contributed by atoms with Gasteiger partial charge in [0, 0.05) is 0 Å². The maximum Gasteiger partial charge on any atom is 0.0687 e. The van der Waals surface area contributed by atoms with Crippen LogP contribution in [0.5, 0.6) is 0 Å². The first-order valence-corrected chi connectivity index (χ1v) is 5.35. The van der Waals surface area contributed by atoms with Crippen molar-refractivity contribution in [1.82, 2.24) is 0 Å². The van der Waals surface area contributed by atoms with E-state index >= 15 is 0 Å². The number of benzene rings is 2. The Bertz CT molecular complexity index is 472. The third kappa shape index (κ3) is 1.88. The first kappa shape index (κ1) is 10.2. The number of hydrogen-bond donors (Lipinski definition) is 1. The Kier molecular flexibility index (Phi) is 2.74. The second-order valence-electron chi connectivity index (χ2n) is 4.21. The van der Waals surface area contributed by atoms with Crippen molar-refractivity contribution in [3.63, 3.8) is 0 Å². The summed E-state index contributed by atoms with van der Waals surface area (Å²) in [6, 6.07) is 12.5. The molecule has 0 aliphatic rings.